The maximum Gasteiger partial charge on any atom is 0.101 e. The highest BCUT2D eigenvalue weighted by molar-refractivity contribution is 5.35. The molecule has 3 saturated carbocycles. The fourth-order valence-electron chi connectivity index (χ4n) is 9.52. The molecule has 35 heavy (non-hydrogen) atoms. The molecule has 7 atom stereocenters. The number of allylic oxidation sites excluding steroid dienone is 1. The first-order chi connectivity index (χ1) is 16.8. The van der Waals surface area contributed by atoms with Crippen molar-refractivity contribution >= 4 is 0 Å². The minimum absolute atomic E-state index is 0.119. The zero-order valence-corrected chi connectivity index (χ0v) is 21.8. The molecule has 6 rings (SSSR count). The van der Waals surface area contributed by atoms with E-state index in [0.717, 1.165) is 64.5 Å². The van der Waals surface area contributed by atoms with E-state index in [0.29, 0.717) is 11.8 Å². The lowest BCUT2D eigenvalue weighted by atomic mass is 9.44. The van der Waals surface area contributed by atoms with Gasteiger partial charge >= 0.3 is 0 Å². The second kappa shape index (κ2) is 8.68. The zero-order valence-electron chi connectivity index (χ0n) is 21.8. The van der Waals surface area contributed by atoms with Crippen LogP contribution in [0.4, 0.5) is 0 Å². The third kappa shape index (κ3) is 3.46. The van der Waals surface area contributed by atoms with Crippen molar-refractivity contribution < 1.29 is 14.9 Å². The monoisotopic (exact) mass is 479 g/mol. The summed E-state index contributed by atoms with van der Waals surface area (Å²) in [5, 5.41) is 23.1. The van der Waals surface area contributed by atoms with Gasteiger partial charge in [0.2, 0.25) is 0 Å². The summed E-state index contributed by atoms with van der Waals surface area (Å²) < 4.78 is 7.06. The van der Waals surface area contributed by atoms with Crippen LogP contribution in [0.5, 0.6) is 0 Å². The molecule has 0 radical (unpaired) electrons. The van der Waals surface area contributed by atoms with E-state index in [-0.39, 0.29) is 16.9 Å². The molecule has 1 aromatic rings. The highest BCUT2D eigenvalue weighted by atomic mass is 16.5. The van der Waals surface area contributed by atoms with Gasteiger partial charge in [-0.3, -0.25) is 0 Å². The van der Waals surface area contributed by atoms with Gasteiger partial charge in [-0.25, -0.2) is 0 Å². The minimum atomic E-state index is -0.718. The first kappa shape index (κ1) is 24.2. The van der Waals surface area contributed by atoms with Crippen LogP contribution in [0.3, 0.4) is 0 Å². The lowest BCUT2D eigenvalue weighted by Gasteiger charge is -2.63. The maximum atomic E-state index is 12.8. The summed E-state index contributed by atoms with van der Waals surface area (Å²) in [7, 11) is 0. The molecule has 4 nitrogen and oxygen atoms in total. The van der Waals surface area contributed by atoms with E-state index in [1.807, 2.05) is 0 Å². The van der Waals surface area contributed by atoms with E-state index in [1.165, 1.54) is 37.1 Å². The molecule has 0 amide bonds. The molecule has 4 heteroatoms. The Hall–Kier alpha value is -1.20. The van der Waals surface area contributed by atoms with Gasteiger partial charge in [0, 0.05) is 12.0 Å². The predicted octanol–water partition coefficient (Wildman–Crippen LogP) is 5.43. The van der Waals surface area contributed by atoms with Gasteiger partial charge < -0.3 is 19.8 Å². The Balaban J connectivity index is 1.34. The van der Waals surface area contributed by atoms with Crippen molar-refractivity contribution in [2.24, 2.45) is 22.7 Å². The molecule has 4 aliphatic carbocycles. The molecule has 0 aromatic heterocycles. The van der Waals surface area contributed by atoms with E-state index in [1.54, 1.807) is 0 Å². The Morgan fingerprint density at radius 2 is 1.71 bits per heavy atom. The molecule has 1 aromatic carbocycles. The molecule has 1 heterocycles. The van der Waals surface area contributed by atoms with Gasteiger partial charge in [-0.1, -0.05) is 55.8 Å². The number of aliphatic hydroxyl groups is 2. The van der Waals surface area contributed by atoms with Crippen LogP contribution in [-0.2, 0) is 10.3 Å². The smallest absolute Gasteiger partial charge is 0.101 e. The number of aliphatic hydroxyl groups excluding tert-OH is 1. The normalized spacial score (nSPS) is 45.5. The van der Waals surface area contributed by atoms with Crippen LogP contribution in [0, 0.1) is 22.7 Å². The third-order valence-electron chi connectivity index (χ3n) is 11.6. The Morgan fingerprint density at radius 1 is 0.943 bits per heavy atom. The summed E-state index contributed by atoms with van der Waals surface area (Å²) in [4.78, 5) is 2.53. The number of likely N-dealkylation sites (tertiary alicyclic amines) is 1. The molecule has 5 aliphatic rings. The molecular weight excluding hydrogens is 434 g/mol. The van der Waals surface area contributed by atoms with E-state index in [2.05, 4.69) is 55.2 Å². The van der Waals surface area contributed by atoms with Gasteiger partial charge in [-0.2, -0.15) is 0 Å². The summed E-state index contributed by atoms with van der Waals surface area (Å²) in [5.41, 5.74) is 1.37. The standard InChI is InChI=1S/C31H45NO3/c1-28-14-12-25(33)22-24(28)10-11-27-26(28)13-15-29(2)30(27,34)16-17-31(29,23-8-4-3-5-9-23)35-21-20-32-18-6-7-19-32/h3-5,8-9,22,25-27,33-34H,6-7,10-21H2,1-2H3/t25?,26-,27-,28+,29+,30-,31?/m1/s1. The SMILES string of the molecule is C[C@]12CCC(O)C=C1CC[C@@H]1[C@H]2CC[C@]2(C)C(OCCN3CCCC3)(c3ccccc3)CC[C@@]12O. The van der Waals surface area contributed by atoms with Gasteiger partial charge in [-0.05, 0) is 100 Å². The van der Waals surface area contributed by atoms with E-state index in [4.69, 9.17) is 4.74 Å². The average molecular weight is 480 g/mol. The molecule has 4 fully saturated rings. The Labute approximate surface area is 211 Å². The fourth-order valence-corrected chi connectivity index (χ4v) is 9.52. The molecule has 0 spiro atoms. The van der Waals surface area contributed by atoms with Crippen molar-refractivity contribution in [1.29, 1.82) is 0 Å². The fraction of sp³-hybridized carbons (Fsp3) is 0.742. The molecule has 192 valence electrons. The van der Waals surface area contributed by atoms with Crippen LogP contribution < -0.4 is 0 Å². The van der Waals surface area contributed by atoms with Crippen molar-refractivity contribution in [2.75, 3.05) is 26.2 Å². The van der Waals surface area contributed by atoms with E-state index < -0.39 is 11.2 Å². The topological polar surface area (TPSA) is 52.9 Å². The van der Waals surface area contributed by atoms with Gasteiger partial charge in [0.15, 0.2) is 0 Å². The lowest BCUT2D eigenvalue weighted by molar-refractivity contribution is -0.235. The summed E-state index contributed by atoms with van der Waals surface area (Å²) in [5.74, 6) is 0.788. The first-order valence-corrected chi connectivity index (χ1v) is 14.4. The van der Waals surface area contributed by atoms with Crippen LogP contribution in [-0.4, -0.2) is 53.1 Å². The number of ether oxygens (including phenoxy) is 1. The van der Waals surface area contributed by atoms with Gasteiger partial charge in [0.1, 0.15) is 5.60 Å². The second-order valence-corrected chi connectivity index (χ2v) is 12.9. The largest absolute Gasteiger partial charge is 0.389 e. The molecule has 2 unspecified atom stereocenters. The van der Waals surface area contributed by atoms with Gasteiger partial charge in [0.05, 0.1) is 18.3 Å². The maximum absolute atomic E-state index is 12.8. The Bertz CT molecular complexity index is 957. The summed E-state index contributed by atoms with van der Waals surface area (Å²) in [6.45, 7) is 8.89. The number of fused-ring (bicyclic) bond motifs is 5. The second-order valence-electron chi connectivity index (χ2n) is 12.9. The van der Waals surface area contributed by atoms with Gasteiger partial charge in [-0.15, -0.1) is 0 Å². The number of hydrogen-bond donors (Lipinski definition) is 2. The van der Waals surface area contributed by atoms with Crippen molar-refractivity contribution in [2.45, 2.75) is 95.4 Å². The minimum Gasteiger partial charge on any atom is -0.389 e. The van der Waals surface area contributed by atoms with Crippen LogP contribution in [0.1, 0.15) is 83.6 Å². The quantitative estimate of drug-likeness (QED) is 0.553. The van der Waals surface area contributed by atoms with Crippen molar-refractivity contribution in [3.8, 4) is 0 Å². The molecular formula is C31H45NO3. The summed E-state index contributed by atoms with van der Waals surface area (Å²) in [6, 6.07) is 10.8. The first-order valence-electron chi connectivity index (χ1n) is 14.4. The van der Waals surface area contributed by atoms with Crippen molar-refractivity contribution in [3.05, 3.63) is 47.5 Å². The number of nitrogens with zero attached hydrogens (tertiary/aromatic N) is 1. The molecule has 1 aliphatic heterocycles. The molecule has 2 N–H and O–H groups in total. The van der Waals surface area contributed by atoms with Crippen LogP contribution >= 0.6 is 0 Å². The van der Waals surface area contributed by atoms with Crippen molar-refractivity contribution in [1.82, 2.24) is 4.90 Å². The van der Waals surface area contributed by atoms with Crippen LogP contribution in [0.25, 0.3) is 0 Å². The Morgan fingerprint density at radius 3 is 2.49 bits per heavy atom. The zero-order chi connectivity index (χ0) is 24.3. The third-order valence-corrected chi connectivity index (χ3v) is 11.6. The molecule has 1 saturated heterocycles. The number of rotatable bonds is 5. The number of hydrogen-bond acceptors (Lipinski definition) is 4. The van der Waals surface area contributed by atoms with Gasteiger partial charge in [0.25, 0.3) is 0 Å². The molecule has 0 bridgehead atoms. The average Bonchev–Trinajstić information content (AvgIpc) is 3.46. The number of benzene rings is 1. The van der Waals surface area contributed by atoms with Crippen molar-refractivity contribution in [3.63, 3.8) is 0 Å². The highest BCUT2D eigenvalue weighted by Gasteiger charge is 2.72. The van der Waals surface area contributed by atoms with Crippen LogP contribution in [0.2, 0.25) is 0 Å². The predicted molar refractivity (Wildman–Crippen MR) is 139 cm³/mol. The Kier molecular flexibility index (Phi) is 5.99. The van der Waals surface area contributed by atoms with E-state index >= 15 is 0 Å². The summed E-state index contributed by atoms with van der Waals surface area (Å²) in [6.07, 6.45) is 12.3. The lowest BCUT2D eigenvalue weighted by Crippen LogP contribution is -2.64. The van der Waals surface area contributed by atoms with E-state index in [9.17, 15) is 10.2 Å². The van der Waals surface area contributed by atoms with Crippen LogP contribution in [0.15, 0.2) is 42.0 Å². The summed E-state index contributed by atoms with van der Waals surface area (Å²) >= 11 is 0. The highest BCUT2D eigenvalue weighted by Crippen LogP contribution is 2.72.